The van der Waals surface area contributed by atoms with E-state index in [0.717, 1.165) is 24.1 Å². The minimum Gasteiger partial charge on any atom is -0.354 e. The van der Waals surface area contributed by atoms with Crippen LogP contribution in [-0.2, 0) is 14.8 Å². The number of amides is 1. The molecular weight excluding hydrogens is 382 g/mol. The van der Waals surface area contributed by atoms with E-state index in [1.165, 1.54) is 15.6 Å². The van der Waals surface area contributed by atoms with E-state index in [1.807, 2.05) is 13.0 Å². The Hall–Kier alpha value is -0.670. The lowest BCUT2D eigenvalue weighted by atomic mass is 9.98. The quantitative estimate of drug-likeness (QED) is 0.751. The van der Waals surface area contributed by atoms with Crippen molar-refractivity contribution in [2.75, 3.05) is 19.6 Å². The predicted molar refractivity (Wildman–Crippen MR) is 101 cm³/mol. The molecule has 2 aliphatic rings. The summed E-state index contributed by atoms with van der Waals surface area (Å²) in [6, 6.07) is 3.48. The molecule has 1 saturated heterocycles. The highest BCUT2D eigenvalue weighted by atomic mass is 35.5. The van der Waals surface area contributed by atoms with E-state index in [1.54, 1.807) is 6.07 Å². The molecule has 0 bridgehead atoms. The molecule has 9 heteroatoms. The van der Waals surface area contributed by atoms with Gasteiger partial charge in [0.2, 0.25) is 5.91 Å². The number of nitrogens with one attached hydrogen (secondary N) is 1. The summed E-state index contributed by atoms with van der Waals surface area (Å²) >= 11 is 1.28. The fourth-order valence-corrected chi connectivity index (χ4v) is 6.07. The molecule has 1 aromatic heterocycles. The molecule has 2 fully saturated rings. The van der Waals surface area contributed by atoms with Crippen LogP contribution in [0.15, 0.2) is 16.3 Å². The fourth-order valence-electron chi connectivity index (χ4n) is 3.11. The number of rotatable bonds is 6. The molecule has 2 heterocycles. The zero-order chi connectivity index (χ0) is 17.3. The van der Waals surface area contributed by atoms with Gasteiger partial charge in [-0.25, -0.2) is 8.42 Å². The van der Waals surface area contributed by atoms with E-state index in [2.05, 4.69) is 5.32 Å². The van der Waals surface area contributed by atoms with Crippen LogP contribution in [0.4, 0.5) is 0 Å². The molecule has 3 rings (SSSR count). The summed E-state index contributed by atoms with van der Waals surface area (Å²) in [5.74, 6) is 0.171. The molecule has 3 N–H and O–H groups in total. The zero-order valence-electron chi connectivity index (χ0n) is 14.3. The van der Waals surface area contributed by atoms with Gasteiger partial charge in [0, 0.05) is 30.6 Å². The minimum absolute atomic E-state index is 0. The smallest absolute Gasteiger partial charge is 0.252 e. The van der Waals surface area contributed by atoms with Crippen LogP contribution in [0.3, 0.4) is 0 Å². The minimum atomic E-state index is -3.50. The molecule has 1 amide bonds. The molecule has 2 unspecified atom stereocenters. The summed E-state index contributed by atoms with van der Waals surface area (Å²) in [6.07, 6.45) is 3.72. The van der Waals surface area contributed by atoms with Crippen molar-refractivity contribution in [1.29, 1.82) is 0 Å². The van der Waals surface area contributed by atoms with Gasteiger partial charge in [-0.05, 0) is 50.7 Å². The van der Waals surface area contributed by atoms with Crippen LogP contribution in [0, 0.1) is 18.8 Å². The lowest BCUT2D eigenvalue weighted by molar-refractivity contribution is -0.126. The second-order valence-electron chi connectivity index (χ2n) is 6.81. The summed E-state index contributed by atoms with van der Waals surface area (Å²) in [4.78, 5) is 13.3. The van der Waals surface area contributed by atoms with Gasteiger partial charge in [-0.3, -0.25) is 4.79 Å². The number of hydrogen-bond acceptors (Lipinski definition) is 5. The first kappa shape index (κ1) is 20.6. The van der Waals surface area contributed by atoms with Gasteiger partial charge in [-0.1, -0.05) is 0 Å². The van der Waals surface area contributed by atoms with Crippen molar-refractivity contribution >= 4 is 39.7 Å². The fraction of sp³-hybridized carbons (Fsp3) is 0.688. The number of thiophene rings is 1. The van der Waals surface area contributed by atoms with Gasteiger partial charge >= 0.3 is 0 Å². The van der Waals surface area contributed by atoms with Gasteiger partial charge < -0.3 is 11.1 Å². The molecule has 6 nitrogen and oxygen atoms in total. The number of carbonyl (C=O) groups is 1. The second-order valence-corrected chi connectivity index (χ2v) is 10.3. The van der Waals surface area contributed by atoms with Gasteiger partial charge in [-0.2, -0.15) is 4.31 Å². The lowest BCUT2D eigenvalue weighted by Crippen LogP contribution is -2.47. The highest BCUT2D eigenvalue weighted by Gasteiger charge is 2.34. The van der Waals surface area contributed by atoms with Crippen LogP contribution in [-0.4, -0.2) is 44.3 Å². The average Bonchev–Trinajstić information content (AvgIpc) is 3.33. The van der Waals surface area contributed by atoms with Gasteiger partial charge in [0.1, 0.15) is 4.21 Å². The van der Waals surface area contributed by atoms with E-state index in [9.17, 15) is 13.2 Å². The second kappa shape index (κ2) is 8.35. The Morgan fingerprint density at radius 1 is 1.40 bits per heavy atom. The molecule has 1 aliphatic carbocycles. The third kappa shape index (κ3) is 4.95. The molecule has 1 saturated carbocycles. The number of piperidine rings is 1. The first-order valence-electron chi connectivity index (χ1n) is 8.48. The van der Waals surface area contributed by atoms with E-state index in [4.69, 9.17) is 5.73 Å². The van der Waals surface area contributed by atoms with Crippen molar-refractivity contribution in [3.63, 3.8) is 0 Å². The third-order valence-electron chi connectivity index (χ3n) is 4.80. The van der Waals surface area contributed by atoms with E-state index in [-0.39, 0.29) is 36.8 Å². The molecular formula is C16H26ClN3O3S2. The van der Waals surface area contributed by atoms with Crippen molar-refractivity contribution < 1.29 is 13.2 Å². The van der Waals surface area contributed by atoms with E-state index in [0.29, 0.717) is 29.6 Å². The van der Waals surface area contributed by atoms with Crippen LogP contribution in [0.25, 0.3) is 0 Å². The molecule has 0 radical (unpaired) electrons. The zero-order valence-corrected chi connectivity index (χ0v) is 16.8. The van der Waals surface area contributed by atoms with Crippen molar-refractivity contribution in [1.82, 2.24) is 9.62 Å². The molecule has 0 spiro atoms. The van der Waals surface area contributed by atoms with Crippen LogP contribution in [0.1, 0.15) is 30.6 Å². The molecule has 1 aromatic rings. The van der Waals surface area contributed by atoms with Crippen molar-refractivity contribution in [3.05, 3.63) is 17.0 Å². The number of carbonyl (C=O) groups excluding carboxylic acids is 1. The Morgan fingerprint density at radius 2 is 2.12 bits per heavy atom. The van der Waals surface area contributed by atoms with Crippen LogP contribution in [0.2, 0.25) is 0 Å². The number of halogens is 1. The summed E-state index contributed by atoms with van der Waals surface area (Å²) in [7, 11) is -3.50. The Morgan fingerprint density at radius 3 is 2.72 bits per heavy atom. The first-order valence-corrected chi connectivity index (χ1v) is 10.7. The van der Waals surface area contributed by atoms with Gasteiger partial charge in [0.05, 0.1) is 5.92 Å². The standard InChI is InChI=1S/C16H25N3O3S2.ClH/c1-11-4-7-15(23-11)24(21,22)19-8-2-3-13(10-19)16(20)18-9-14(17)12-5-6-12;/h4,7,12-14H,2-3,5-6,8-10,17H2,1H3,(H,18,20);1H. The average molecular weight is 408 g/mol. The SMILES string of the molecule is Cc1ccc(S(=O)(=O)N2CCCC(C(=O)NCC(N)C3CC3)C2)s1.Cl. The number of hydrogen-bond donors (Lipinski definition) is 2. The van der Waals surface area contributed by atoms with Crippen molar-refractivity contribution in [2.45, 2.75) is 42.9 Å². The number of nitrogens with zero attached hydrogens (tertiary/aromatic N) is 1. The highest BCUT2D eigenvalue weighted by molar-refractivity contribution is 7.91. The van der Waals surface area contributed by atoms with Gasteiger partial charge in [0.15, 0.2) is 0 Å². The first-order chi connectivity index (χ1) is 11.4. The van der Waals surface area contributed by atoms with Crippen molar-refractivity contribution in [2.24, 2.45) is 17.6 Å². The monoisotopic (exact) mass is 407 g/mol. The normalized spacial score (nSPS) is 22.9. The summed E-state index contributed by atoms with van der Waals surface area (Å²) in [5, 5.41) is 2.91. The van der Waals surface area contributed by atoms with Crippen LogP contribution >= 0.6 is 23.7 Å². The maximum atomic E-state index is 12.7. The predicted octanol–water partition coefficient (Wildman–Crippen LogP) is 1.73. The summed E-state index contributed by atoms with van der Waals surface area (Å²) in [5.41, 5.74) is 6.01. The maximum absolute atomic E-state index is 12.7. The summed E-state index contributed by atoms with van der Waals surface area (Å²) < 4.78 is 27.2. The van der Waals surface area contributed by atoms with Crippen LogP contribution in [0.5, 0.6) is 0 Å². The molecule has 2 atom stereocenters. The van der Waals surface area contributed by atoms with E-state index >= 15 is 0 Å². The topological polar surface area (TPSA) is 92.5 Å². The number of nitrogens with two attached hydrogens (primary N) is 1. The van der Waals surface area contributed by atoms with Crippen LogP contribution < -0.4 is 11.1 Å². The lowest BCUT2D eigenvalue weighted by Gasteiger charge is -2.31. The molecule has 25 heavy (non-hydrogen) atoms. The van der Waals surface area contributed by atoms with E-state index < -0.39 is 10.0 Å². The molecule has 1 aliphatic heterocycles. The molecule has 142 valence electrons. The van der Waals surface area contributed by atoms with Gasteiger partial charge in [0.25, 0.3) is 10.0 Å². The molecule has 0 aromatic carbocycles. The number of aryl methyl sites for hydroxylation is 1. The van der Waals surface area contributed by atoms with Gasteiger partial charge in [-0.15, -0.1) is 23.7 Å². The number of sulfonamides is 1. The Bertz CT molecular complexity index is 703. The maximum Gasteiger partial charge on any atom is 0.252 e. The van der Waals surface area contributed by atoms with Crippen molar-refractivity contribution in [3.8, 4) is 0 Å². The third-order valence-corrected chi connectivity index (χ3v) is 8.14. The summed E-state index contributed by atoms with van der Waals surface area (Å²) in [6.45, 7) is 3.10. The Kier molecular flexibility index (Phi) is 6.89. The Balaban J connectivity index is 0.00000225. The Labute approximate surface area is 159 Å². The highest BCUT2D eigenvalue weighted by Crippen LogP contribution is 2.31. The largest absolute Gasteiger partial charge is 0.354 e.